The van der Waals surface area contributed by atoms with Crippen LogP contribution in [0.1, 0.15) is 30.0 Å². The van der Waals surface area contributed by atoms with Crippen LogP contribution in [-0.2, 0) is 9.59 Å². The van der Waals surface area contributed by atoms with Crippen molar-refractivity contribution in [2.24, 2.45) is 0 Å². The van der Waals surface area contributed by atoms with Crippen LogP contribution in [0.2, 0.25) is 5.02 Å². The number of rotatable bonds is 5. The first kappa shape index (κ1) is 21.4. The van der Waals surface area contributed by atoms with E-state index in [1.807, 2.05) is 19.1 Å². The predicted molar refractivity (Wildman–Crippen MR) is 125 cm³/mol. The number of piperazine rings is 1. The summed E-state index contributed by atoms with van der Waals surface area (Å²) in [5, 5.41) is 0.607. The van der Waals surface area contributed by atoms with E-state index >= 15 is 0 Å². The smallest absolute Gasteiger partial charge is 0.277 e. The zero-order chi connectivity index (χ0) is 22.1. The molecule has 0 saturated carbocycles. The second-order valence-corrected chi connectivity index (χ2v) is 8.62. The van der Waals surface area contributed by atoms with E-state index in [0.29, 0.717) is 35.9 Å². The predicted octanol–water partition coefficient (Wildman–Crippen LogP) is 4.27. The van der Waals surface area contributed by atoms with Gasteiger partial charge in [-0.3, -0.25) is 14.5 Å². The van der Waals surface area contributed by atoms with Gasteiger partial charge in [0.15, 0.2) is 0 Å². The zero-order valence-electron chi connectivity index (χ0n) is 18.3. The molecule has 2 heterocycles. The van der Waals surface area contributed by atoms with Gasteiger partial charge in [-0.2, -0.15) is 0 Å². The van der Waals surface area contributed by atoms with Crippen molar-refractivity contribution in [2.75, 3.05) is 37.6 Å². The van der Waals surface area contributed by atoms with Crippen molar-refractivity contribution in [1.29, 1.82) is 0 Å². The molecule has 162 valence electrons. The van der Waals surface area contributed by atoms with Crippen molar-refractivity contribution in [3.8, 4) is 0 Å². The molecular weight excluding hydrogens is 410 g/mol. The topological polar surface area (TPSA) is 43.9 Å². The Morgan fingerprint density at radius 1 is 0.871 bits per heavy atom. The van der Waals surface area contributed by atoms with Gasteiger partial charge >= 0.3 is 0 Å². The molecule has 2 aromatic carbocycles. The van der Waals surface area contributed by atoms with E-state index in [4.69, 9.17) is 11.6 Å². The minimum atomic E-state index is -0.207. The average Bonchev–Trinajstić information content (AvgIpc) is 3.01. The summed E-state index contributed by atoms with van der Waals surface area (Å²) < 4.78 is 0. The summed E-state index contributed by atoms with van der Waals surface area (Å²) in [5.74, 6) is -0.391. The van der Waals surface area contributed by atoms with Gasteiger partial charge in [-0.05, 0) is 55.2 Å². The fourth-order valence-corrected chi connectivity index (χ4v) is 4.54. The largest absolute Gasteiger partial charge is 0.368 e. The molecule has 2 aliphatic rings. The van der Waals surface area contributed by atoms with Gasteiger partial charge in [0, 0.05) is 43.4 Å². The highest BCUT2D eigenvalue weighted by Gasteiger charge is 2.41. The van der Waals surface area contributed by atoms with Crippen LogP contribution in [0.3, 0.4) is 0 Å². The van der Waals surface area contributed by atoms with Gasteiger partial charge < -0.3 is 9.80 Å². The minimum Gasteiger partial charge on any atom is -0.368 e. The number of imide groups is 1. The first-order valence-corrected chi connectivity index (χ1v) is 11.2. The summed E-state index contributed by atoms with van der Waals surface area (Å²) in [6.45, 7) is 9.68. The van der Waals surface area contributed by atoms with Gasteiger partial charge in [-0.1, -0.05) is 42.8 Å². The number of hydrogen-bond donors (Lipinski definition) is 0. The van der Waals surface area contributed by atoms with Gasteiger partial charge in [0.25, 0.3) is 11.8 Å². The molecule has 0 radical (unpaired) electrons. The van der Waals surface area contributed by atoms with Crippen LogP contribution in [-0.4, -0.2) is 54.3 Å². The lowest BCUT2D eigenvalue weighted by Crippen LogP contribution is -2.48. The van der Waals surface area contributed by atoms with Gasteiger partial charge in [-0.25, -0.2) is 0 Å². The van der Waals surface area contributed by atoms with E-state index in [9.17, 15) is 9.59 Å². The van der Waals surface area contributed by atoms with Gasteiger partial charge in [0.2, 0.25) is 0 Å². The van der Waals surface area contributed by atoms with E-state index in [0.717, 1.165) is 25.1 Å². The zero-order valence-corrected chi connectivity index (χ0v) is 19.1. The molecule has 1 fully saturated rings. The van der Waals surface area contributed by atoms with Gasteiger partial charge in [0.1, 0.15) is 5.70 Å². The number of amides is 2. The molecule has 0 unspecified atom stereocenters. The van der Waals surface area contributed by atoms with Crippen molar-refractivity contribution >= 4 is 34.7 Å². The number of halogens is 1. The number of anilines is 1. The van der Waals surface area contributed by atoms with Crippen LogP contribution < -0.4 is 4.90 Å². The lowest BCUT2D eigenvalue weighted by atomic mass is 10.0. The Bertz CT molecular complexity index is 1040. The molecular formula is C25H28ClN3O2. The third-order valence-corrected chi connectivity index (χ3v) is 6.49. The Balaban J connectivity index is 1.64. The van der Waals surface area contributed by atoms with Crippen LogP contribution in [0.25, 0.3) is 5.57 Å². The molecule has 2 aromatic rings. The van der Waals surface area contributed by atoms with Crippen molar-refractivity contribution in [2.45, 2.75) is 27.2 Å². The number of aryl methyl sites for hydroxylation is 1. The Labute approximate surface area is 188 Å². The Morgan fingerprint density at radius 2 is 1.52 bits per heavy atom. The van der Waals surface area contributed by atoms with Crippen LogP contribution in [0.15, 0.2) is 48.2 Å². The lowest BCUT2D eigenvalue weighted by molar-refractivity contribution is -0.137. The van der Waals surface area contributed by atoms with Crippen LogP contribution >= 0.6 is 11.6 Å². The van der Waals surface area contributed by atoms with E-state index < -0.39 is 0 Å². The Morgan fingerprint density at radius 3 is 2.16 bits per heavy atom. The van der Waals surface area contributed by atoms with Crippen LogP contribution in [0.5, 0.6) is 0 Å². The summed E-state index contributed by atoms with van der Waals surface area (Å²) in [7, 11) is 0. The van der Waals surface area contributed by atoms with E-state index in [1.165, 1.54) is 21.7 Å². The first-order chi connectivity index (χ1) is 14.9. The number of carbonyl (C=O) groups excluding carboxylic acids is 2. The first-order valence-electron chi connectivity index (χ1n) is 10.8. The summed E-state index contributed by atoms with van der Waals surface area (Å²) in [6, 6.07) is 13.6. The molecule has 0 bridgehead atoms. The maximum atomic E-state index is 13.3. The molecule has 31 heavy (non-hydrogen) atoms. The van der Waals surface area contributed by atoms with Crippen LogP contribution in [0, 0.1) is 13.8 Å². The van der Waals surface area contributed by atoms with Crippen molar-refractivity contribution in [3.63, 3.8) is 0 Å². The standard InChI is InChI=1S/C25H28ClN3O2/c1-4-12-29-24(30)22(19-8-10-20(26)11-9-19)23(25(29)31)28-15-13-27(14-16-28)21-7-5-6-17(2)18(21)3/h5-11H,4,12-16H2,1-3H3. The Hall–Kier alpha value is -2.79. The van der Waals surface area contributed by atoms with E-state index in [2.05, 4.69) is 41.8 Å². The summed E-state index contributed by atoms with van der Waals surface area (Å²) in [4.78, 5) is 32.3. The van der Waals surface area contributed by atoms with Crippen LogP contribution in [0.4, 0.5) is 5.69 Å². The highest BCUT2D eigenvalue weighted by Crippen LogP contribution is 2.33. The average molecular weight is 438 g/mol. The van der Waals surface area contributed by atoms with Crippen molar-refractivity contribution < 1.29 is 9.59 Å². The monoisotopic (exact) mass is 437 g/mol. The number of benzene rings is 2. The molecule has 0 atom stereocenters. The number of nitrogens with zero attached hydrogens (tertiary/aromatic N) is 3. The molecule has 5 nitrogen and oxygen atoms in total. The summed E-state index contributed by atoms with van der Waals surface area (Å²) in [5.41, 5.74) is 5.58. The molecule has 0 aliphatic carbocycles. The normalized spacial score (nSPS) is 17.2. The van der Waals surface area contributed by atoms with E-state index in [1.54, 1.807) is 12.1 Å². The highest BCUT2D eigenvalue weighted by molar-refractivity contribution is 6.36. The quantitative estimate of drug-likeness (QED) is 0.655. The fourth-order valence-electron chi connectivity index (χ4n) is 4.41. The molecule has 0 N–H and O–H groups in total. The molecule has 6 heteroatoms. The third-order valence-electron chi connectivity index (χ3n) is 6.24. The third kappa shape index (κ3) is 3.94. The summed E-state index contributed by atoms with van der Waals surface area (Å²) >= 11 is 6.05. The molecule has 1 saturated heterocycles. The number of carbonyl (C=O) groups is 2. The maximum Gasteiger partial charge on any atom is 0.277 e. The SMILES string of the molecule is CCCN1C(=O)C(c2ccc(Cl)cc2)=C(N2CCN(c3cccc(C)c3C)CC2)C1=O. The van der Waals surface area contributed by atoms with Crippen molar-refractivity contribution in [3.05, 3.63) is 69.9 Å². The summed E-state index contributed by atoms with van der Waals surface area (Å²) in [6.07, 6.45) is 0.735. The maximum absolute atomic E-state index is 13.3. The molecule has 0 spiro atoms. The van der Waals surface area contributed by atoms with Gasteiger partial charge in [-0.15, -0.1) is 0 Å². The van der Waals surface area contributed by atoms with Gasteiger partial charge in [0.05, 0.1) is 5.57 Å². The minimum absolute atomic E-state index is 0.183. The molecule has 2 aliphatic heterocycles. The second kappa shape index (κ2) is 8.75. The molecule has 0 aromatic heterocycles. The molecule has 4 rings (SSSR count). The second-order valence-electron chi connectivity index (χ2n) is 8.19. The van der Waals surface area contributed by atoms with Crippen molar-refractivity contribution in [1.82, 2.24) is 9.80 Å². The Kier molecular flexibility index (Phi) is 6.05. The fraction of sp³-hybridized carbons (Fsp3) is 0.360. The molecule has 2 amide bonds. The lowest BCUT2D eigenvalue weighted by Gasteiger charge is -2.38. The number of hydrogen-bond acceptors (Lipinski definition) is 4. The van der Waals surface area contributed by atoms with E-state index in [-0.39, 0.29) is 11.8 Å². The highest BCUT2D eigenvalue weighted by atomic mass is 35.5.